The van der Waals surface area contributed by atoms with Gasteiger partial charge in [0.15, 0.2) is 5.75 Å². The Morgan fingerprint density at radius 3 is 2.57 bits per heavy atom. The molecule has 0 bridgehead atoms. The van der Waals surface area contributed by atoms with Gasteiger partial charge in [-0.15, -0.1) is 5.06 Å². The van der Waals surface area contributed by atoms with E-state index in [1.165, 1.54) is 5.06 Å². The highest BCUT2D eigenvalue weighted by molar-refractivity contribution is 5.94. The molecular formula is C27H35N3O5. The predicted octanol–water partition coefficient (Wildman–Crippen LogP) is 5.96. The van der Waals surface area contributed by atoms with Crippen molar-refractivity contribution in [3.05, 3.63) is 36.0 Å². The molecule has 2 aliphatic rings. The maximum atomic E-state index is 12.9. The molecule has 1 saturated carbocycles. The lowest BCUT2D eigenvalue weighted by Crippen LogP contribution is -2.44. The van der Waals surface area contributed by atoms with Crippen LogP contribution < -0.4 is 14.9 Å². The first kappa shape index (κ1) is 24.8. The third kappa shape index (κ3) is 6.24. The fraction of sp³-hybridized carbons (Fsp3) is 0.519. The van der Waals surface area contributed by atoms with E-state index in [2.05, 4.69) is 24.1 Å². The number of benzene rings is 1. The van der Waals surface area contributed by atoms with Crippen LogP contribution in [0, 0.1) is 11.8 Å². The lowest BCUT2D eigenvalue weighted by Gasteiger charge is -2.31. The van der Waals surface area contributed by atoms with E-state index < -0.39 is 11.7 Å². The molecule has 2 aromatic rings. The van der Waals surface area contributed by atoms with Gasteiger partial charge in [-0.3, -0.25) is 4.79 Å². The van der Waals surface area contributed by atoms with Crippen LogP contribution in [0.15, 0.2) is 30.5 Å². The number of pyridine rings is 1. The molecule has 0 spiro atoms. The number of amides is 2. The maximum Gasteiger partial charge on any atom is 0.443 e. The summed E-state index contributed by atoms with van der Waals surface area (Å²) in [6.45, 7) is 12.0. The van der Waals surface area contributed by atoms with Crippen LogP contribution >= 0.6 is 0 Å². The first-order valence-electron chi connectivity index (χ1n) is 12.3. The second-order valence-corrected chi connectivity index (χ2v) is 10.8. The van der Waals surface area contributed by atoms with Crippen LogP contribution in [-0.4, -0.2) is 33.7 Å². The SMILES string of the molecule is CC(C)C[C@H](C)N(Oc1ccc2c(c1)OCc1cnc(NC(=O)C3CC3)cc1-2)C(=O)OC(C)(C)C. The van der Waals surface area contributed by atoms with E-state index in [4.69, 9.17) is 14.3 Å². The molecule has 8 nitrogen and oxygen atoms in total. The minimum atomic E-state index is -0.639. The van der Waals surface area contributed by atoms with E-state index in [0.717, 1.165) is 36.0 Å². The maximum absolute atomic E-state index is 12.9. The molecule has 2 heterocycles. The number of aromatic nitrogens is 1. The van der Waals surface area contributed by atoms with Gasteiger partial charge in [-0.05, 0) is 76.6 Å². The van der Waals surface area contributed by atoms with E-state index >= 15 is 0 Å². The molecular weight excluding hydrogens is 446 g/mol. The van der Waals surface area contributed by atoms with Gasteiger partial charge >= 0.3 is 6.09 Å². The van der Waals surface area contributed by atoms with Gasteiger partial charge in [-0.1, -0.05) is 13.8 Å². The molecule has 1 fully saturated rings. The standard InChI is InChI=1S/C27H35N3O5/c1-16(2)11-17(3)30(26(32)34-27(4,5)6)35-20-9-10-21-22-13-24(29-25(31)18-7-8-18)28-14-19(22)15-33-23(21)12-20/h9-10,12-14,16-18H,7-8,11,15H2,1-6H3,(H,28,29,31)/t17-/m0/s1. The Morgan fingerprint density at radius 1 is 1.17 bits per heavy atom. The molecule has 4 rings (SSSR count). The van der Waals surface area contributed by atoms with Crippen molar-refractivity contribution >= 4 is 17.8 Å². The fourth-order valence-corrected chi connectivity index (χ4v) is 4.05. The Kier molecular flexibility index (Phi) is 6.92. The molecule has 0 saturated heterocycles. The molecule has 188 valence electrons. The number of carbonyl (C=O) groups is 2. The summed E-state index contributed by atoms with van der Waals surface area (Å²) in [4.78, 5) is 35.5. The summed E-state index contributed by atoms with van der Waals surface area (Å²) in [5, 5.41) is 4.21. The van der Waals surface area contributed by atoms with Crippen LogP contribution in [0.2, 0.25) is 0 Å². The van der Waals surface area contributed by atoms with Crippen LogP contribution in [-0.2, 0) is 16.1 Å². The van der Waals surface area contributed by atoms with Gasteiger partial charge in [-0.25, -0.2) is 9.78 Å². The molecule has 1 aromatic carbocycles. The molecule has 1 aromatic heterocycles. The van der Waals surface area contributed by atoms with Crippen LogP contribution in [0.3, 0.4) is 0 Å². The summed E-state index contributed by atoms with van der Waals surface area (Å²) < 4.78 is 11.6. The second kappa shape index (κ2) is 9.76. The highest BCUT2D eigenvalue weighted by Gasteiger charge is 2.31. The third-order valence-corrected chi connectivity index (χ3v) is 5.80. The normalized spacial score (nSPS) is 15.4. The summed E-state index contributed by atoms with van der Waals surface area (Å²) in [6.07, 6.45) is 3.84. The third-order valence-electron chi connectivity index (χ3n) is 5.80. The zero-order valence-electron chi connectivity index (χ0n) is 21.4. The van der Waals surface area contributed by atoms with Gasteiger partial charge in [0, 0.05) is 29.3 Å². The highest BCUT2D eigenvalue weighted by Crippen LogP contribution is 2.41. The monoisotopic (exact) mass is 481 g/mol. The van der Waals surface area contributed by atoms with Gasteiger partial charge in [0.1, 0.15) is 23.8 Å². The van der Waals surface area contributed by atoms with Crippen LogP contribution in [0.25, 0.3) is 11.1 Å². The zero-order chi connectivity index (χ0) is 25.3. The predicted molar refractivity (Wildman–Crippen MR) is 133 cm³/mol. The summed E-state index contributed by atoms with van der Waals surface area (Å²) in [5.41, 5.74) is 2.13. The number of nitrogens with zero attached hydrogens (tertiary/aromatic N) is 2. The van der Waals surface area contributed by atoms with Crippen molar-refractivity contribution in [3.63, 3.8) is 0 Å². The number of ether oxygens (including phenoxy) is 2. The van der Waals surface area contributed by atoms with Crippen molar-refractivity contribution in [1.29, 1.82) is 0 Å². The Balaban J connectivity index is 1.56. The summed E-state index contributed by atoms with van der Waals surface area (Å²) in [7, 11) is 0. The van der Waals surface area contributed by atoms with Crippen molar-refractivity contribution in [2.75, 3.05) is 5.32 Å². The largest absolute Gasteiger partial charge is 0.488 e. The van der Waals surface area contributed by atoms with E-state index in [1.807, 2.05) is 39.8 Å². The van der Waals surface area contributed by atoms with E-state index in [9.17, 15) is 9.59 Å². The molecule has 1 aliphatic heterocycles. The molecule has 1 atom stereocenters. The topological polar surface area (TPSA) is 90.0 Å². The minimum Gasteiger partial charge on any atom is -0.488 e. The van der Waals surface area contributed by atoms with Crippen molar-refractivity contribution < 1.29 is 23.9 Å². The van der Waals surface area contributed by atoms with Crippen LogP contribution in [0.1, 0.15) is 66.4 Å². The van der Waals surface area contributed by atoms with E-state index in [1.54, 1.807) is 18.3 Å². The highest BCUT2D eigenvalue weighted by atomic mass is 16.7. The summed E-state index contributed by atoms with van der Waals surface area (Å²) in [6, 6.07) is 7.18. The fourth-order valence-electron chi connectivity index (χ4n) is 4.05. The molecule has 0 unspecified atom stereocenters. The second-order valence-electron chi connectivity index (χ2n) is 10.8. The first-order chi connectivity index (χ1) is 16.5. The van der Waals surface area contributed by atoms with Crippen LogP contribution in [0.5, 0.6) is 11.5 Å². The number of hydroxylamine groups is 2. The van der Waals surface area contributed by atoms with Crippen molar-refractivity contribution in [2.24, 2.45) is 11.8 Å². The van der Waals surface area contributed by atoms with Gasteiger partial charge < -0.3 is 19.6 Å². The quantitative estimate of drug-likeness (QED) is 0.491. The van der Waals surface area contributed by atoms with Gasteiger partial charge in [0.2, 0.25) is 5.91 Å². The molecule has 0 radical (unpaired) electrons. The first-order valence-corrected chi connectivity index (χ1v) is 12.3. The van der Waals surface area contributed by atoms with Crippen LogP contribution in [0.4, 0.5) is 10.6 Å². The smallest absolute Gasteiger partial charge is 0.443 e. The average molecular weight is 482 g/mol. The zero-order valence-corrected chi connectivity index (χ0v) is 21.4. The number of hydrogen-bond donors (Lipinski definition) is 1. The molecule has 1 aliphatic carbocycles. The Labute approximate surface area is 206 Å². The molecule has 1 N–H and O–H groups in total. The van der Waals surface area contributed by atoms with E-state index in [0.29, 0.717) is 29.8 Å². The Morgan fingerprint density at radius 2 is 1.91 bits per heavy atom. The number of nitrogens with one attached hydrogen (secondary N) is 1. The van der Waals surface area contributed by atoms with E-state index in [-0.39, 0.29) is 17.9 Å². The van der Waals surface area contributed by atoms with Crippen molar-refractivity contribution in [2.45, 2.75) is 79.1 Å². The number of anilines is 1. The Bertz CT molecular complexity index is 1100. The lowest BCUT2D eigenvalue weighted by atomic mass is 9.98. The van der Waals surface area contributed by atoms with Gasteiger partial charge in [0.25, 0.3) is 0 Å². The summed E-state index contributed by atoms with van der Waals surface area (Å²) in [5.74, 6) is 2.16. The minimum absolute atomic E-state index is 0.0197. The number of fused-ring (bicyclic) bond motifs is 3. The van der Waals surface area contributed by atoms with Crippen molar-refractivity contribution in [1.82, 2.24) is 10.0 Å². The van der Waals surface area contributed by atoms with Gasteiger partial charge in [0.05, 0.1) is 6.04 Å². The molecule has 2 amide bonds. The lowest BCUT2D eigenvalue weighted by molar-refractivity contribution is -0.117. The number of hydrogen-bond acceptors (Lipinski definition) is 6. The van der Waals surface area contributed by atoms with Crippen molar-refractivity contribution in [3.8, 4) is 22.6 Å². The summed E-state index contributed by atoms with van der Waals surface area (Å²) >= 11 is 0. The molecule has 35 heavy (non-hydrogen) atoms. The number of rotatable bonds is 7. The molecule has 8 heteroatoms. The van der Waals surface area contributed by atoms with Gasteiger partial charge in [-0.2, -0.15) is 0 Å². The number of carbonyl (C=O) groups excluding carboxylic acids is 2. The Hall–Kier alpha value is -3.29. The average Bonchev–Trinajstić information content (AvgIpc) is 3.61.